The van der Waals surface area contributed by atoms with Crippen molar-refractivity contribution < 1.29 is 32.9 Å². The largest absolute Gasteiger partial charge is 0.756 e. The minimum atomic E-state index is -4.61. The minimum Gasteiger partial charge on any atom is -0.756 e. The van der Waals surface area contributed by atoms with Crippen molar-refractivity contribution >= 4 is 13.7 Å². The van der Waals surface area contributed by atoms with Gasteiger partial charge in [0.2, 0.25) is 5.91 Å². The molecular formula is C56H101N2O6P. The Morgan fingerprint density at radius 1 is 0.554 bits per heavy atom. The Hall–Kier alpha value is -2.32. The highest BCUT2D eigenvalue weighted by atomic mass is 31.2. The summed E-state index contributed by atoms with van der Waals surface area (Å²) in [6.45, 7) is 4.50. The van der Waals surface area contributed by atoms with Crippen LogP contribution in [0.25, 0.3) is 0 Å². The Bertz CT molecular complexity index is 1330. The average molecular weight is 929 g/mol. The zero-order valence-corrected chi connectivity index (χ0v) is 43.6. The van der Waals surface area contributed by atoms with Crippen LogP contribution in [0.5, 0.6) is 0 Å². The molecule has 8 nitrogen and oxygen atoms in total. The second-order valence-corrected chi connectivity index (χ2v) is 20.2. The molecule has 1 amide bonds. The first-order valence-corrected chi connectivity index (χ1v) is 27.9. The Morgan fingerprint density at radius 3 is 1.43 bits per heavy atom. The van der Waals surface area contributed by atoms with Gasteiger partial charge in [0, 0.05) is 6.42 Å². The Balaban J connectivity index is 4.37. The fraction of sp³-hybridized carbons (Fsp3) is 0.732. The van der Waals surface area contributed by atoms with Crippen molar-refractivity contribution in [3.05, 3.63) is 85.1 Å². The quantitative estimate of drug-likeness (QED) is 0.0272. The Labute approximate surface area is 401 Å². The number of hydrogen-bond donors (Lipinski definition) is 2. The molecule has 0 aromatic heterocycles. The number of nitrogens with one attached hydrogen (secondary N) is 1. The van der Waals surface area contributed by atoms with E-state index >= 15 is 0 Å². The molecule has 3 unspecified atom stereocenters. The van der Waals surface area contributed by atoms with Crippen LogP contribution in [0.3, 0.4) is 0 Å². The van der Waals surface area contributed by atoms with E-state index in [0.29, 0.717) is 17.4 Å². The van der Waals surface area contributed by atoms with Crippen LogP contribution in [-0.2, 0) is 18.4 Å². The van der Waals surface area contributed by atoms with Gasteiger partial charge in [-0.3, -0.25) is 9.36 Å². The maximum absolute atomic E-state index is 12.9. The molecule has 0 radical (unpaired) electrons. The molecule has 65 heavy (non-hydrogen) atoms. The lowest BCUT2D eigenvalue weighted by Gasteiger charge is -2.29. The summed E-state index contributed by atoms with van der Waals surface area (Å²) in [5, 5.41) is 13.8. The van der Waals surface area contributed by atoms with Crippen LogP contribution in [0.4, 0.5) is 0 Å². The minimum absolute atomic E-state index is 0.0137. The zero-order chi connectivity index (χ0) is 47.8. The summed E-state index contributed by atoms with van der Waals surface area (Å²) in [4.78, 5) is 25.4. The van der Waals surface area contributed by atoms with Crippen molar-refractivity contribution in [3.8, 4) is 0 Å². The van der Waals surface area contributed by atoms with Crippen LogP contribution in [0.1, 0.15) is 213 Å². The molecule has 0 aliphatic carbocycles. The smallest absolute Gasteiger partial charge is 0.268 e. The van der Waals surface area contributed by atoms with Crippen molar-refractivity contribution in [1.29, 1.82) is 0 Å². The molecule has 0 bridgehead atoms. The molecule has 3 atom stereocenters. The van der Waals surface area contributed by atoms with E-state index in [1.54, 1.807) is 6.08 Å². The number of aliphatic hydroxyl groups excluding tert-OH is 1. The molecule has 376 valence electrons. The summed E-state index contributed by atoms with van der Waals surface area (Å²) in [6, 6.07) is -0.917. The molecule has 0 aromatic rings. The van der Waals surface area contributed by atoms with Crippen LogP contribution >= 0.6 is 7.82 Å². The molecule has 0 aliphatic heterocycles. The normalized spacial score (nSPS) is 14.8. The van der Waals surface area contributed by atoms with E-state index in [1.807, 2.05) is 27.2 Å². The van der Waals surface area contributed by atoms with E-state index in [1.165, 1.54) is 116 Å². The third kappa shape index (κ3) is 49.4. The number of nitrogens with zero attached hydrogens (tertiary/aromatic N) is 1. The van der Waals surface area contributed by atoms with E-state index in [-0.39, 0.29) is 12.5 Å². The van der Waals surface area contributed by atoms with Gasteiger partial charge in [0.15, 0.2) is 0 Å². The van der Waals surface area contributed by atoms with Gasteiger partial charge in [-0.25, -0.2) is 0 Å². The first-order chi connectivity index (χ1) is 31.5. The van der Waals surface area contributed by atoms with Crippen molar-refractivity contribution in [2.75, 3.05) is 40.9 Å². The van der Waals surface area contributed by atoms with Gasteiger partial charge >= 0.3 is 0 Å². The maximum atomic E-state index is 12.9. The fourth-order valence-corrected chi connectivity index (χ4v) is 7.90. The number of carbonyl (C=O) groups is 1. The maximum Gasteiger partial charge on any atom is 0.268 e. The van der Waals surface area contributed by atoms with Crippen LogP contribution in [0.15, 0.2) is 85.1 Å². The summed E-state index contributed by atoms with van der Waals surface area (Å²) < 4.78 is 23.3. The summed E-state index contributed by atoms with van der Waals surface area (Å²) in [6.07, 6.45) is 65.0. The van der Waals surface area contributed by atoms with Crippen LogP contribution in [0.2, 0.25) is 0 Å². The van der Waals surface area contributed by atoms with Crippen molar-refractivity contribution in [1.82, 2.24) is 5.32 Å². The number of quaternary nitrogens is 1. The summed E-state index contributed by atoms with van der Waals surface area (Å²) >= 11 is 0. The second-order valence-electron chi connectivity index (χ2n) is 18.8. The summed E-state index contributed by atoms with van der Waals surface area (Å²) in [7, 11) is 1.22. The van der Waals surface area contributed by atoms with Gasteiger partial charge in [-0.1, -0.05) is 208 Å². The second kappa shape index (κ2) is 46.8. The third-order valence-corrected chi connectivity index (χ3v) is 12.3. The van der Waals surface area contributed by atoms with Crippen LogP contribution in [-0.4, -0.2) is 68.5 Å². The van der Waals surface area contributed by atoms with Gasteiger partial charge in [0.25, 0.3) is 7.82 Å². The number of likely N-dealkylation sites (N-methyl/N-ethyl adjacent to an activating group) is 1. The number of amides is 1. The van der Waals surface area contributed by atoms with Gasteiger partial charge < -0.3 is 28.8 Å². The lowest BCUT2D eigenvalue weighted by Crippen LogP contribution is -2.45. The SMILES string of the molecule is CC/C=C\C/C=C\C/C=C\C/C=C\CCCCCCCCCCCCC(=O)NC(COP(=O)([O-])OCC[N+](C)(C)C)C(O)/C=C/CC/C=C/CC/C=C/CCCCCCCCCCCC. The van der Waals surface area contributed by atoms with Crippen molar-refractivity contribution in [2.24, 2.45) is 0 Å². The highest BCUT2D eigenvalue weighted by Gasteiger charge is 2.23. The lowest BCUT2D eigenvalue weighted by molar-refractivity contribution is -0.870. The number of hydrogen-bond acceptors (Lipinski definition) is 6. The van der Waals surface area contributed by atoms with E-state index < -0.39 is 26.6 Å². The van der Waals surface area contributed by atoms with Gasteiger partial charge in [-0.2, -0.15) is 0 Å². The fourth-order valence-electron chi connectivity index (χ4n) is 7.18. The average Bonchev–Trinajstić information content (AvgIpc) is 3.26. The van der Waals surface area contributed by atoms with Crippen LogP contribution < -0.4 is 10.2 Å². The molecular weight excluding hydrogens is 828 g/mol. The molecule has 2 N–H and O–H groups in total. The highest BCUT2D eigenvalue weighted by molar-refractivity contribution is 7.45. The van der Waals surface area contributed by atoms with Gasteiger partial charge in [-0.15, -0.1) is 0 Å². The standard InChI is InChI=1S/C56H101N2O6P/c1-6-8-10-12-14-16-18-20-22-24-26-28-29-30-32-34-36-38-40-42-44-46-48-50-56(60)57-54(53-64-65(61,62)63-52-51-58(3,4)5)55(59)49-47-45-43-41-39-37-35-33-31-27-25-23-21-19-17-15-13-11-9-7-2/h8,10,14,16,20,22,26,28,31,33,39,41,47,49,54-55,59H,6-7,9,11-13,15,17-19,21,23-25,27,29-30,32,34-38,40,42-46,48,50-53H2,1-5H3,(H-,57,60,61,62)/b10-8-,16-14-,22-20-,28-26-,33-31+,41-39+,49-47+. The molecule has 0 fully saturated rings. The van der Waals surface area contributed by atoms with E-state index in [2.05, 4.69) is 92.1 Å². The lowest BCUT2D eigenvalue weighted by atomic mass is 10.0. The highest BCUT2D eigenvalue weighted by Crippen LogP contribution is 2.38. The number of phosphoric ester groups is 1. The van der Waals surface area contributed by atoms with Crippen LogP contribution in [0, 0.1) is 0 Å². The number of carbonyl (C=O) groups excluding carboxylic acids is 1. The zero-order valence-electron chi connectivity index (χ0n) is 42.7. The predicted octanol–water partition coefficient (Wildman–Crippen LogP) is 15.1. The number of phosphoric acid groups is 1. The molecule has 0 spiro atoms. The number of allylic oxidation sites excluding steroid dienone is 13. The first-order valence-electron chi connectivity index (χ1n) is 26.4. The molecule has 0 aromatic carbocycles. The molecule has 9 heteroatoms. The van der Waals surface area contributed by atoms with Gasteiger partial charge in [-0.05, 0) is 83.5 Å². The Kier molecular flexibility index (Phi) is 45.1. The van der Waals surface area contributed by atoms with E-state index in [9.17, 15) is 19.4 Å². The summed E-state index contributed by atoms with van der Waals surface area (Å²) in [5.41, 5.74) is 0. The Morgan fingerprint density at radius 2 is 0.954 bits per heavy atom. The van der Waals surface area contributed by atoms with E-state index in [0.717, 1.165) is 77.0 Å². The monoisotopic (exact) mass is 929 g/mol. The molecule has 0 saturated carbocycles. The number of unbranched alkanes of at least 4 members (excludes halogenated alkanes) is 22. The summed E-state index contributed by atoms with van der Waals surface area (Å²) in [5.74, 6) is -0.219. The number of rotatable bonds is 47. The van der Waals surface area contributed by atoms with Gasteiger partial charge in [0.1, 0.15) is 13.2 Å². The molecule has 0 rings (SSSR count). The third-order valence-electron chi connectivity index (χ3n) is 11.3. The first kappa shape index (κ1) is 62.7. The predicted molar refractivity (Wildman–Crippen MR) is 279 cm³/mol. The topological polar surface area (TPSA) is 108 Å². The molecule has 0 saturated heterocycles. The molecule has 0 aliphatic rings. The molecule has 0 heterocycles. The van der Waals surface area contributed by atoms with Crippen molar-refractivity contribution in [3.63, 3.8) is 0 Å². The number of aliphatic hydroxyl groups is 1. The van der Waals surface area contributed by atoms with Gasteiger partial charge in [0.05, 0.1) is 39.9 Å². The van der Waals surface area contributed by atoms with Crippen molar-refractivity contribution in [2.45, 2.75) is 225 Å². The van der Waals surface area contributed by atoms with E-state index in [4.69, 9.17) is 9.05 Å².